The van der Waals surface area contributed by atoms with E-state index in [4.69, 9.17) is 16.3 Å². The van der Waals surface area contributed by atoms with Gasteiger partial charge in [0, 0.05) is 18.5 Å². The number of ether oxygens (including phenoxy) is 1. The number of hydrogen-bond acceptors (Lipinski definition) is 2. The van der Waals surface area contributed by atoms with Gasteiger partial charge in [0.2, 0.25) is 5.91 Å². The second-order valence-electron chi connectivity index (χ2n) is 4.34. The van der Waals surface area contributed by atoms with E-state index in [0.29, 0.717) is 18.4 Å². The molecule has 0 spiro atoms. The minimum atomic E-state index is 0.0312. The largest absolute Gasteiger partial charge is 0.381 e. The molecule has 0 saturated carbocycles. The fraction of sp³-hybridized carbons (Fsp3) is 0.909. The van der Waals surface area contributed by atoms with E-state index in [9.17, 15) is 4.79 Å². The van der Waals surface area contributed by atoms with E-state index in [-0.39, 0.29) is 17.9 Å². The summed E-state index contributed by atoms with van der Waals surface area (Å²) in [4.78, 5) is 11.8. The predicted octanol–water partition coefficient (Wildman–Crippen LogP) is 1.79. The van der Waals surface area contributed by atoms with Crippen LogP contribution < -0.4 is 5.32 Å². The summed E-state index contributed by atoms with van der Waals surface area (Å²) in [7, 11) is 0. The summed E-state index contributed by atoms with van der Waals surface area (Å²) in [6, 6.07) is 0.136. The lowest BCUT2D eigenvalue weighted by Crippen LogP contribution is -2.43. The second-order valence-corrected chi connectivity index (χ2v) is 4.65. The molecule has 0 aromatic heterocycles. The lowest BCUT2D eigenvalue weighted by atomic mass is 9.99. The van der Waals surface area contributed by atoms with Crippen LogP contribution in [0.15, 0.2) is 0 Å². The molecule has 0 aromatic rings. The first-order chi connectivity index (χ1) is 7.15. The van der Waals surface area contributed by atoms with Crippen LogP contribution >= 0.6 is 11.6 Å². The predicted molar refractivity (Wildman–Crippen MR) is 61.0 cm³/mol. The number of amides is 1. The molecule has 3 atom stereocenters. The summed E-state index contributed by atoms with van der Waals surface area (Å²) < 4.78 is 5.28. The highest BCUT2D eigenvalue weighted by atomic mass is 35.5. The van der Waals surface area contributed by atoms with Crippen molar-refractivity contribution in [1.82, 2.24) is 5.32 Å². The zero-order valence-electron chi connectivity index (χ0n) is 9.46. The van der Waals surface area contributed by atoms with Crippen LogP contribution in [-0.2, 0) is 9.53 Å². The lowest BCUT2D eigenvalue weighted by Gasteiger charge is -2.25. The third kappa shape index (κ3) is 3.99. The Labute approximate surface area is 96.5 Å². The van der Waals surface area contributed by atoms with Gasteiger partial charge < -0.3 is 10.1 Å². The van der Waals surface area contributed by atoms with Gasteiger partial charge in [-0.1, -0.05) is 6.92 Å². The Morgan fingerprint density at radius 3 is 2.87 bits per heavy atom. The monoisotopic (exact) mass is 233 g/mol. The van der Waals surface area contributed by atoms with E-state index < -0.39 is 0 Å². The summed E-state index contributed by atoms with van der Waals surface area (Å²) >= 11 is 5.74. The molecule has 1 saturated heterocycles. The van der Waals surface area contributed by atoms with Crippen molar-refractivity contribution in [3.8, 4) is 0 Å². The fourth-order valence-corrected chi connectivity index (χ4v) is 1.83. The average Bonchev–Trinajstić information content (AvgIpc) is 2.29. The van der Waals surface area contributed by atoms with Crippen molar-refractivity contribution in [3.63, 3.8) is 0 Å². The van der Waals surface area contributed by atoms with Crippen LogP contribution in [0.2, 0.25) is 0 Å². The van der Waals surface area contributed by atoms with Gasteiger partial charge in [0.05, 0.1) is 12.5 Å². The molecule has 4 heteroatoms. The average molecular weight is 234 g/mol. The standard InChI is InChI=1S/C11H20ClNO2/c1-8(6-12)9(2)13-11(14)10-4-3-5-15-7-10/h8-10H,3-7H2,1-2H3,(H,13,14). The molecule has 0 radical (unpaired) electrons. The van der Waals surface area contributed by atoms with Crippen molar-refractivity contribution in [1.29, 1.82) is 0 Å². The molecule has 1 rings (SSSR count). The van der Waals surface area contributed by atoms with Crippen molar-refractivity contribution in [2.45, 2.75) is 32.7 Å². The van der Waals surface area contributed by atoms with E-state index in [1.165, 1.54) is 0 Å². The minimum absolute atomic E-state index is 0.0312. The number of hydrogen-bond donors (Lipinski definition) is 1. The van der Waals surface area contributed by atoms with E-state index in [1.807, 2.05) is 13.8 Å². The molecule has 1 fully saturated rings. The van der Waals surface area contributed by atoms with Gasteiger partial charge in [-0.2, -0.15) is 0 Å². The number of carbonyl (C=O) groups is 1. The van der Waals surface area contributed by atoms with Crippen LogP contribution in [0, 0.1) is 11.8 Å². The molecule has 0 bridgehead atoms. The van der Waals surface area contributed by atoms with Gasteiger partial charge in [-0.3, -0.25) is 4.79 Å². The van der Waals surface area contributed by atoms with E-state index in [2.05, 4.69) is 5.32 Å². The number of carbonyl (C=O) groups excluding carboxylic acids is 1. The highest BCUT2D eigenvalue weighted by molar-refractivity contribution is 6.18. The molecule has 1 heterocycles. The maximum atomic E-state index is 11.8. The van der Waals surface area contributed by atoms with Gasteiger partial charge in [-0.05, 0) is 25.7 Å². The van der Waals surface area contributed by atoms with Crippen molar-refractivity contribution < 1.29 is 9.53 Å². The van der Waals surface area contributed by atoms with Crippen molar-refractivity contribution in [2.75, 3.05) is 19.1 Å². The third-order valence-electron chi connectivity index (χ3n) is 3.00. The molecule has 3 nitrogen and oxygen atoms in total. The molecule has 0 aliphatic carbocycles. The maximum absolute atomic E-state index is 11.8. The van der Waals surface area contributed by atoms with Gasteiger partial charge in [-0.15, -0.1) is 11.6 Å². The van der Waals surface area contributed by atoms with Gasteiger partial charge in [0.1, 0.15) is 0 Å². The SMILES string of the molecule is CC(CCl)C(C)NC(=O)C1CCCOC1. The lowest BCUT2D eigenvalue weighted by molar-refractivity contribution is -0.129. The van der Waals surface area contributed by atoms with E-state index in [0.717, 1.165) is 19.4 Å². The van der Waals surface area contributed by atoms with Crippen molar-refractivity contribution in [2.24, 2.45) is 11.8 Å². The molecular weight excluding hydrogens is 214 g/mol. The van der Waals surface area contributed by atoms with Crippen molar-refractivity contribution in [3.05, 3.63) is 0 Å². The zero-order chi connectivity index (χ0) is 11.3. The number of halogens is 1. The molecule has 1 aliphatic rings. The van der Waals surface area contributed by atoms with Gasteiger partial charge in [0.15, 0.2) is 0 Å². The normalized spacial score (nSPS) is 25.7. The first kappa shape index (κ1) is 12.8. The Bertz CT molecular complexity index is 205. The van der Waals surface area contributed by atoms with E-state index in [1.54, 1.807) is 0 Å². The quantitative estimate of drug-likeness (QED) is 0.752. The fourth-order valence-electron chi connectivity index (χ4n) is 1.57. The molecule has 0 aromatic carbocycles. The molecular formula is C11H20ClNO2. The summed E-state index contributed by atoms with van der Waals surface area (Å²) in [6.07, 6.45) is 1.92. The molecule has 3 unspecified atom stereocenters. The van der Waals surface area contributed by atoms with Crippen LogP contribution in [0.1, 0.15) is 26.7 Å². The highest BCUT2D eigenvalue weighted by Crippen LogP contribution is 2.14. The zero-order valence-corrected chi connectivity index (χ0v) is 10.2. The minimum Gasteiger partial charge on any atom is -0.381 e. The van der Waals surface area contributed by atoms with Crippen LogP contribution in [0.3, 0.4) is 0 Å². The van der Waals surface area contributed by atoms with E-state index >= 15 is 0 Å². The molecule has 15 heavy (non-hydrogen) atoms. The first-order valence-corrected chi connectivity index (χ1v) is 6.12. The number of rotatable bonds is 4. The summed E-state index contributed by atoms with van der Waals surface area (Å²) in [5, 5.41) is 3.00. The van der Waals surface area contributed by atoms with Crippen LogP contribution in [0.4, 0.5) is 0 Å². The summed E-state index contributed by atoms with van der Waals surface area (Å²) in [5.74, 6) is 1.02. The second kappa shape index (κ2) is 6.33. The summed E-state index contributed by atoms with van der Waals surface area (Å²) in [5.41, 5.74) is 0. The van der Waals surface area contributed by atoms with Crippen LogP contribution in [-0.4, -0.2) is 31.0 Å². The van der Waals surface area contributed by atoms with Gasteiger partial charge in [-0.25, -0.2) is 0 Å². The Morgan fingerprint density at radius 2 is 2.33 bits per heavy atom. The van der Waals surface area contributed by atoms with Gasteiger partial charge >= 0.3 is 0 Å². The Kier molecular flexibility index (Phi) is 5.40. The smallest absolute Gasteiger partial charge is 0.225 e. The Balaban J connectivity index is 2.33. The summed E-state index contributed by atoms with van der Waals surface area (Å²) in [6.45, 7) is 5.38. The van der Waals surface area contributed by atoms with Gasteiger partial charge in [0.25, 0.3) is 0 Å². The van der Waals surface area contributed by atoms with Crippen LogP contribution in [0.5, 0.6) is 0 Å². The number of nitrogens with one attached hydrogen (secondary N) is 1. The molecule has 88 valence electrons. The first-order valence-electron chi connectivity index (χ1n) is 5.59. The Morgan fingerprint density at radius 1 is 1.60 bits per heavy atom. The highest BCUT2D eigenvalue weighted by Gasteiger charge is 2.23. The number of alkyl halides is 1. The van der Waals surface area contributed by atoms with Crippen molar-refractivity contribution >= 4 is 17.5 Å². The molecule has 1 amide bonds. The Hall–Kier alpha value is -0.280. The van der Waals surface area contributed by atoms with Crippen LogP contribution in [0.25, 0.3) is 0 Å². The molecule has 1 N–H and O–H groups in total. The molecule has 1 aliphatic heterocycles. The maximum Gasteiger partial charge on any atom is 0.225 e. The topological polar surface area (TPSA) is 38.3 Å². The third-order valence-corrected chi connectivity index (χ3v) is 3.48.